The first-order valence-corrected chi connectivity index (χ1v) is 7.43. The minimum Gasteiger partial charge on any atom is -0.389 e. The smallest absolute Gasteiger partial charge is 0.131 e. The van der Waals surface area contributed by atoms with E-state index in [0.29, 0.717) is 11.5 Å². The Morgan fingerprint density at radius 1 is 1.14 bits per heavy atom. The normalized spacial score (nSPS) is 19.8. The standard InChI is InChI=1S/C18H20FNO/c1-13(21)18-16(19)8-5-9-17(18)20-11-10-15(12-20)14-6-3-2-4-7-14/h2-9,13,15,21H,10-12H2,1H3/t13-,15?/m1/s1. The summed E-state index contributed by atoms with van der Waals surface area (Å²) < 4.78 is 14.0. The Morgan fingerprint density at radius 3 is 2.62 bits per heavy atom. The van der Waals surface area contributed by atoms with E-state index in [1.807, 2.05) is 12.1 Å². The van der Waals surface area contributed by atoms with E-state index in [2.05, 4.69) is 29.2 Å². The molecule has 2 aromatic carbocycles. The summed E-state index contributed by atoms with van der Waals surface area (Å²) in [5, 5.41) is 9.86. The van der Waals surface area contributed by atoms with E-state index in [1.54, 1.807) is 13.0 Å². The number of halogens is 1. The van der Waals surface area contributed by atoms with Gasteiger partial charge in [0.2, 0.25) is 0 Å². The van der Waals surface area contributed by atoms with Crippen LogP contribution in [0.3, 0.4) is 0 Å². The van der Waals surface area contributed by atoms with Gasteiger partial charge < -0.3 is 10.0 Å². The lowest BCUT2D eigenvalue weighted by atomic mass is 9.99. The van der Waals surface area contributed by atoms with Crippen LogP contribution in [0.25, 0.3) is 0 Å². The van der Waals surface area contributed by atoms with Crippen LogP contribution in [-0.4, -0.2) is 18.2 Å². The van der Waals surface area contributed by atoms with E-state index in [1.165, 1.54) is 11.6 Å². The highest BCUT2D eigenvalue weighted by molar-refractivity contribution is 5.56. The first kappa shape index (κ1) is 14.1. The molecular formula is C18H20FNO. The number of benzene rings is 2. The highest BCUT2D eigenvalue weighted by Gasteiger charge is 2.27. The van der Waals surface area contributed by atoms with E-state index >= 15 is 0 Å². The minimum atomic E-state index is -0.794. The van der Waals surface area contributed by atoms with Crippen molar-refractivity contribution in [2.24, 2.45) is 0 Å². The highest BCUT2D eigenvalue weighted by atomic mass is 19.1. The number of aliphatic hydroxyl groups excluding tert-OH is 1. The van der Waals surface area contributed by atoms with Gasteiger partial charge in [-0.05, 0) is 31.0 Å². The molecule has 2 aromatic rings. The van der Waals surface area contributed by atoms with Gasteiger partial charge in [-0.25, -0.2) is 4.39 Å². The Balaban J connectivity index is 1.86. The van der Waals surface area contributed by atoms with Crippen molar-refractivity contribution in [1.29, 1.82) is 0 Å². The Morgan fingerprint density at radius 2 is 1.90 bits per heavy atom. The van der Waals surface area contributed by atoms with Gasteiger partial charge in [0, 0.05) is 30.3 Å². The van der Waals surface area contributed by atoms with Gasteiger partial charge in [0.05, 0.1) is 6.10 Å². The fraction of sp³-hybridized carbons (Fsp3) is 0.333. The quantitative estimate of drug-likeness (QED) is 0.925. The molecule has 0 aliphatic carbocycles. The van der Waals surface area contributed by atoms with E-state index in [4.69, 9.17) is 0 Å². The van der Waals surface area contributed by atoms with Crippen LogP contribution in [0.2, 0.25) is 0 Å². The first-order chi connectivity index (χ1) is 10.2. The maximum Gasteiger partial charge on any atom is 0.131 e. The number of hydrogen-bond acceptors (Lipinski definition) is 2. The topological polar surface area (TPSA) is 23.5 Å². The fourth-order valence-corrected chi connectivity index (χ4v) is 3.19. The van der Waals surface area contributed by atoms with Crippen LogP contribution in [0.5, 0.6) is 0 Å². The average Bonchev–Trinajstić information content (AvgIpc) is 2.97. The van der Waals surface area contributed by atoms with E-state index in [9.17, 15) is 9.50 Å². The molecule has 0 aromatic heterocycles. The maximum absolute atomic E-state index is 14.0. The fourth-order valence-electron chi connectivity index (χ4n) is 3.19. The molecule has 21 heavy (non-hydrogen) atoms. The lowest BCUT2D eigenvalue weighted by molar-refractivity contribution is 0.194. The van der Waals surface area contributed by atoms with Gasteiger partial charge in [-0.2, -0.15) is 0 Å². The lowest BCUT2D eigenvalue weighted by Gasteiger charge is -2.23. The van der Waals surface area contributed by atoms with Crippen LogP contribution in [0, 0.1) is 5.82 Å². The zero-order chi connectivity index (χ0) is 14.8. The second kappa shape index (κ2) is 5.86. The van der Waals surface area contributed by atoms with Crippen molar-refractivity contribution in [3.8, 4) is 0 Å². The molecule has 110 valence electrons. The Bertz CT molecular complexity index is 612. The van der Waals surface area contributed by atoms with Crippen molar-refractivity contribution >= 4 is 5.69 Å². The second-order valence-corrected chi connectivity index (χ2v) is 5.69. The minimum absolute atomic E-state index is 0.328. The molecule has 0 amide bonds. The predicted molar refractivity (Wildman–Crippen MR) is 83.0 cm³/mol. The van der Waals surface area contributed by atoms with Crippen LogP contribution in [0.4, 0.5) is 10.1 Å². The molecule has 0 bridgehead atoms. The zero-order valence-corrected chi connectivity index (χ0v) is 12.2. The SMILES string of the molecule is C[C@@H](O)c1c(F)cccc1N1CCC(c2ccccc2)C1. The molecule has 1 heterocycles. The number of hydrogen-bond donors (Lipinski definition) is 1. The van der Waals surface area contributed by atoms with Crippen LogP contribution in [0.15, 0.2) is 48.5 Å². The summed E-state index contributed by atoms with van der Waals surface area (Å²) in [6, 6.07) is 15.5. The maximum atomic E-state index is 14.0. The third kappa shape index (κ3) is 2.79. The van der Waals surface area contributed by atoms with Crippen LogP contribution in [-0.2, 0) is 0 Å². The predicted octanol–water partition coefficient (Wildman–Crippen LogP) is 3.87. The third-order valence-corrected chi connectivity index (χ3v) is 4.25. The number of rotatable bonds is 3. The molecule has 1 N–H and O–H groups in total. The van der Waals surface area contributed by atoms with Gasteiger partial charge in [0.25, 0.3) is 0 Å². The molecule has 1 fully saturated rings. The van der Waals surface area contributed by atoms with Gasteiger partial charge in [-0.1, -0.05) is 36.4 Å². The molecule has 2 nitrogen and oxygen atoms in total. The molecule has 0 radical (unpaired) electrons. The molecule has 2 atom stereocenters. The van der Waals surface area contributed by atoms with Crippen molar-refractivity contribution < 1.29 is 9.50 Å². The summed E-state index contributed by atoms with van der Waals surface area (Å²) >= 11 is 0. The summed E-state index contributed by atoms with van der Waals surface area (Å²) in [7, 11) is 0. The molecule has 1 aliphatic heterocycles. The second-order valence-electron chi connectivity index (χ2n) is 5.69. The van der Waals surface area contributed by atoms with E-state index < -0.39 is 6.10 Å². The highest BCUT2D eigenvalue weighted by Crippen LogP contribution is 2.35. The van der Waals surface area contributed by atoms with Crippen LogP contribution < -0.4 is 4.90 Å². The van der Waals surface area contributed by atoms with Gasteiger partial charge in [-0.15, -0.1) is 0 Å². The molecule has 1 unspecified atom stereocenters. The Hall–Kier alpha value is -1.87. The summed E-state index contributed by atoms with van der Waals surface area (Å²) in [6.45, 7) is 3.38. The zero-order valence-electron chi connectivity index (χ0n) is 12.2. The van der Waals surface area contributed by atoms with Crippen molar-refractivity contribution in [2.45, 2.75) is 25.4 Å². The number of aliphatic hydroxyl groups is 1. The molecule has 3 heteroatoms. The van der Waals surface area contributed by atoms with Crippen molar-refractivity contribution in [1.82, 2.24) is 0 Å². The molecular weight excluding hydrogens is 265 g/mol. The van der Waals surface area contributed by atoms with Gasteiger partial charge in [0.15, 0.2) is 0 Å². The van der Waals surface area contributed by atoms with Crippen molar-refractivity contribution in [3.05, 3.63) is 65.5 Å². The lowest BCUT2D eigenvalue weighted by Crippen LogP contribution is -2.21. The summed E-state index contributed by atoms with van der Waals surface area (Å²) in [4.78, 5) is 2.18. The molecule has 0 saturated carbocycles. The summed E-state index contributed by atoms with van der Waals surface area (Å²) in [6.07, 6.45) is 0.261. The van der Waals surface area contributed by atoms with Gasteiger partial charge in [-0.3, -0.25) is 0 Å². The molecule has 1 saturated heterocycles. The number of anilines is 1. The van der Waals surface area contributed by atoms with Crippen LogP contribution in [0.1, 0.15) is 36.5 Å². The van der Waals surface area contributed by atoms with Gasteiger partial charge in [0.1, 0.15) is 5.82 Å². The Labute approximate surface area is 124 Å². The largest absolute Gasteiger partial charge is 0.389 e. The summed E-state index contributed by atoms with van der Waals surface area (Å²) in [5.41, 5.74) is 2.56. The number of nitrogens with zero attached hydrogens (tertiary/aromatic N) is 1. The van der Waals surface area contributed by atoms with Gasteiger partial charge >= 0.3 is 0 Å². The monoisotopic (exact) mass is 285 g/mol. The molecule has 0 spiro atoms. The third-order valence-electron chi connectivity index (χ3n) is 4.25. The van der Waals surface area contributed by atoms with Crippen molar-refractivity contribution in [3.63, 3.8) is 0 Å². The van der Waals surface area contributed by atoms with E-state index in [-0.39, 0.29) is 5.82 Å². The summed E-state index contributed by atoms with van der Waals surface area (Å²) in [5.74, 6) is 0.141. The average molecular weight is 285 g/mol. The van der Waals surface area contributed by atoms with Crippen molar-refractivity contribution in [2.75, 3.05) is 18.0 Å². The Kier molecular flexibility index (Phi) is 3.93. The molecule has 1 aliphatic rings. The first-order valence-electron chi connectivity index (χ1n) is 7.43. The van der Waals surface area contributed by atoms with Crippen LogP contribution >= 0.6 is 0 Å². The molecule has 3 rings (SSSR count). The van der Waals surface area contributed by atoms with E-state index in [0.717, 1.165) is 25.2 Å².